The van der Waals surface area contributed by atoms with Crippen LogP contribution in [0.25, 0.3) is 5.69 Å². The number of amides is 1. The van der Waals surface area contributed by atoms with Gasteiger partial charge < -0.3 is 4.90 Å². The molecule has 1 aromatic heterocycles. The summed E-state index contributed by atoms with van der Waals surface area (Å²) in [5, 5.41) is 5.69. The normalized spacial score (nSPS) is 14.2. The average molecular weight is 465 g/mol. The fraction of sp³-hybridized carbons (Fsp3) is 0.407. The molecule has 1 aliphatic heterocycles. The summed E-state index contributed by atoms with van der Waals surface area (Å²) in [5.41, 5.74) is 5.64. The maximum atomic E-state index is 12.8. The van der Waals surface area contributed by atoms with E-state index in [1.165, 1.54) is 16.8 Å². The van der Waals surface area contributed by atoms with Crippen molar-refractivity contribution in [2.24, 2.45) is 5.41 Å². The van der Waals surface area contributed by atoms with Crippen molar-refractivity contribution >= 4 is 17.5 Å². The van der Waals surface area contributed by atoms with Gasteiger partial charge in [0.1, 0.15) is 0 Å². The third-order valence-corrected chi connectivity index (χ3v) is 6.25. The van der Waals surface area contributed by atoms with E-state index < -0.39 is 0 Å². The van der Waals surface area contributed by atoms with Gasteiger partial charge in [-0.15, -0.1) is 0 Å². The molecule has 2 heterocycles. The summed E-state index contributed by atoms with van der Waals surface area (Å²) in [7, 11) is 1.88. The lowest BCUT2D eigenvalue weighted by atomic mass is 9.91. The number of hydrogen-bond donors (Lipinski definition) is 0. The molecule has 2 aromatic carbocycles. The van der Waals surface area contributed by atoms with E-state index in [1.54, 1.807) is 0 Å². The van der Waals surface area contributed by atoms with Gasteiger partial charge in [0.2, 0.25) is 5.91 Å². The number of rotatable bonds is 6. The van der Waals surface area contributed by atoms with E-state index in [0.717, 1.165) is 37.4 Å². The van der Waals surface area contributed by atoms with Crippen LogP contribution in [0.1, 0.15) is 49.7 Å². The number of benzene rings is 2. The number of nitrogens with zero attached hydrogens (tertiary/aromatic N) is 4. The lowest BCUT2D eigenvalue weighted by Crippen LogP contribution is -2.32. The number of aromatic nitrogens is 2. The highest BCUT2D eigenvalue weighted by molar-refractivity contribution is 6.30. The van der Waals surface area contributed by atoms with Gasteiger partial charge in [-0.05, 0) is 29.2 Å². The Hall–Kier alpha value is -2.63. The average Bonchev–Trinajstić information content (AvgIpc) is 3.11. The van der Waals surface area contributed by atoms with Crippen LogP contribution in [0, 0.1) is 5.41 Å². The molecule has 0 N–H and O–H groups in total. The fourth-order valence-corrected chi connectivity index (χ4v) is 4.55. The molecule has 3 aromatic rings. The van der Waals surface area contributed by atoms with Crippen LogP contribution in [-0.2, 0) is 30.8 Å². The molecule has 4 rings (SSSR count). The summed E-state index contributed by atoms with van der Waals surface area (Å²) in [6, 6.07) is 18.4. The Morgan fingerprint density at radius 3 is 2.58 bits per heavy atom. The lowest BCUT2D eigenvalue weighted by molar-refractivity contribution is -0.132. The largest absolute Gasteiger partial charge is 0.340 e. The van der Waals surface area contributed by atoms with Crippen LogP contribution in [0.5, 0.6) is 0 Å². The molecule has 0 bridgehead atoms. The Kier molecular flexibility index (Phi) is 6.91. The molecule has 0 unspecified atom stereocenters. The van der Waals surface area contributed by atoms with E-state index in [-0.39, 0.29) is 11.3 Å². The van der Waals surface area contributed by atoms with Crippen molar-refractivity contribution in [1.82, 2.24) is 19.6 Å². The van der Waals surface area contributed by atoms with E-state index in [9.17, 15) is 4.79 Å². The first kappa shape index (κ1) is 23.5. The Morgan fingerprint density at radius 1 is 1.12 bits per heavy atom. The molecule has 0 fully saturated rings. The molecule has 0 radical (unpaired) electrons. The molecule has 174 valence electrons. The summed E-state index contributed by atoms with van der Waals surface area (Å²) in [5.74, 6) is 0.144. The molecule has 0 spiro atoms. The van der Waals surface area contributed by atoms with Gasteiger partial charge >= 0.3 is 0 Å². The van der Waals surface area contributed by atoms with E-state index in [2.05, 4.69) is 56.0 Å². The maximum absolute atomic E-state index is 12.8. The third-order valence-electron chi connectivity index (χ3n) is 6.02. The molecule has 6 heteroatoms. The zero-order chi connectivity index (χ0) is 23.6. The van der Waals surface area contributed by atoms with Crippen LogP contribution in [0.2, 0.25) is 5.02 Å². The highest BCUT2D eigenvalue weighted by atomic mass is 35.5. The summed E-state index contributed by atoms with van der Waals surface area (Å²) < 4.78 is 2.03. The Bertz CT molecular complexity index is 1120. The second-order valence-electron chi connectivity index (χ2n) is 10.2. The van der Waals surface area contributed by atoms with E-state index >= 15 is 0 Å². The monoisotopic (exact) mass is 464 g/mol. The second kappa shape index (κ2) is 9.70. The van der Waals surface area contributed by atoms with Crippen molar-refractivity contribution in [3.8, 4) is 5.69 Å². The van der Waals surface area contributed by atoms with Crippen molar-refractivity contribution in [2.45, 2.75) is 53.2 Å². The Labute approximate surface area is 202 Å². The quantitative estimate of drug-likeness (QED) is 0.485. The topological polar surface area (TPSA) is 41.4 Å². The SMILES string of the molecule is CN(Cc1nn(-c2cccc(Cl)c2)c2c1CN(Cc1ccccc1)CC2)C(=O)CC(C)(C)C. The van der Waals surface area contributed by atoms with Crippen LogP contribution in [0.4, 0.5) is 0 Å². The highest BCUT2D eigenvalue weighted by Gasteiger charge is 2.27. The van der Waals surface area contributed by atoms with E-state index in [0.29, 0.717) is 18.0 Å². The number of carbonyl (C=O) groups excluding carboxylic acids is 1. The van der Waals surface area contributed by atoms with Gasteiger partial charge in [-0.3, -0.25) is 9.69 Å². The predicted molar refractivity (Wildman–Crippen MR) is 133 cm³/mol. The maximum Gasteiger partial charge on any atom is 0.223 e. The molecule has 1 aliphatic rings. The zero-order valence-electron chi connectivity index (χ0n) is 20.0. The summed E-state index contributed by atoms with van der Waals surface area (Å²) in [6.45, 7) is 9.47. The van der Waals surface area contributed by atoms with Gasteiger partial charge in [-0.1, -0.05) is 68.8 Å². The lowest BCUT2D eigenvalue weighted by Gasteiger charge is -2.28. The smallest absolute Gasteiger partial charge is 0.223 e. The summed E-state index contributed by atoms with van der Waals surface area (Å²) >= 11 is 6.28. The Morgan fingerprint density at radius 2 is 1.88 bits per heavy atom. The van der Waals surface area contributed by atoms with Crippen molar-refractivity contribution in [3.05, 3.63) is 82.1 Å². The number of hydrogen-bond acceptors (Lipinski definition) is 3. The summed E-state index contributed by atoms with van der Waals surface area (Å²) in [4.78, 5) is 17.1. The first-order valence-electron chi connectivity index (χ1n) is 11.6. The molecule has 1 amide bonds. The van der Waals surface area contributed by atoms with Gasteiger partial charge in [-0.2, -0.15) is 5.10 Å². The molecule has 0 atom stereocenters. The molecule has 5 nitrogen and oxygen atoms in total. The van der Waals surface area contributed by atoms with Crippen LogP contribution in [0.15, 0.2) is 54.6 Å². The minimum Gasteiger partial charge on any atom is -0.340 e. The molecule has 0 saturated heterocycles. The number of fused-ring (bicyclic) bond motifs is 1. The van der Waals surface area contributed by atoms with Crippen molar-refractivity contribution in [2.75, 3.05) is 13.6 Å². The fourth-order valence-electron chi connectivity index (χ4n) is 4.37. The third kappa shape index (κ3) is 5.84. The zero-order valence-corrected chi connectivity index (χ0v) is 20.8. The van der Waals surface area contributed by atoms with Gasteiger partial charge in [0, 0.05) is 50.1 Å². The minimum absolute atomic E-state index is 0.0442. The van der Waals surface area contributed by atoms with Gasteiger partial charge in [0.05, 0.1) is 23.6 Å². The van der Waals surface area contributed by atoms with Crippen molar-refractivity contribution in [3.63, 3.8) is 0 Å². The van der Waals surface area contributed by atoms with E-state index in [4.69, 9.17) is 16.7 Å². The first-order valence-corrected chi connectivity index (χ1v) is 11.9. The van der Waals surface area contributed by atoms with E-state index in [1.807, 2.05) is 40.9 Å². The minimum atomic E-state index is -0.0442. The molecular formula is C27H33ClN4O. The first-order chi connectivity index (χ1) is 15.7. The van der Waals surface area contributed by atoms with Gasteiger partial charge in [0.25, 0.3) is 0 Å². The molecular weight excluding hydrogens is 432 g/mol. The standard InChI is InChI=1S/C27H33ClN4O/c1-27(2,3)16-26(33)30(4)19-24-23-18-31(17-20-9-6-5-7-10-20)14-13-25(23)32(29-24)22-12-8-11-21(28)15-22/h5-12,15H,13-14,16-19H2,1-4H3. The van der Waals surface area contributed by atoms with Crippen molar-refractivity contribution in [1.29, 1.82) is 0 Å². The van der Waals surface area contributed by atoms with Crippen LogP contribution >= 0.6 is 11.6 Å². The number of carbonyl (C=O) groups is 1. The van der Waals surface area contributed by atoms with Gasteiger partial charge in [0.15, 0.2) is 0 Å². The molecule has 0 saturated carbocycles. The summed E-state index contributed by atoms with van der Waals surface area (Å²) in [6.07, 6.45) is 1.42. The Balaban J connectivity index is 1.63. The van der Waals surface area contributed by atoms with Crippen LogP contribution < -0.4 is 0 Å². The van der Waals surface area contributed by atoms with Crippen LogP contribution in [-0.4, -0.2) is 39.1 Å². The van der Waals surface area contributed by atoms with Crippen molar-refractivity contribution < 1.29 is 4.79 Å². The van der Waals surface area contributed by atoms with Crippen LogP contribution in [0.3, 0.4) is 0 Å². The number of halogens is 1. The predicted octanol–water partition coefficient (Wildman–Crippen LogP) is 5.48. The second-order valence-corrected chi connectivity index (χ2v) is 10.6. The van der Waals surface area contributed by atoms with Gasteiger partial charge in [-0.25, -0.2) is 4.68 Å². The molecule has 0 aliphatic carbocycles. The molecule has 33 heavy (non-hydrogen) atoms. The highest BCUT2D eigenvalue weighted by Crippen LogP contribution is 2.28.